The molecule has 1 N–H and O–H groups in total. The Hall–Kier alpha value is -1.62. The molecular formula is C7H3ClN2O3. The lowest BCUT2D eigenvalue weighted by Gasteiger charge is -1.90. The van der Waals surface area contributed by atoms with E-state index < -0.39 is 5.97 Å². The van der Waals surface area contributed by atoms with Gasteiger partial charge in [0.1, 0.15) is 0 Å². The fourth-order valence-corrected chi connectivity index (χ4v) is 1.07. The molecule has 0 amide bonds. The maximum Gasteiger partial charge on any atom is 0.337 e. The highest BCUT2D eigenvalue weighted by atomic mass is 35.5. The number of carbonyl (C=O) groups is 1. The molecule has 0 saturated carbocycles. The summed E-state index contributed by atoms with van der Waals surface area (Å²) in [5, 5.41) is 8.57. The van der Waals surface area contributed by atoms with Crippen molar-refractivity contribution in [3.8, 4) is 0 Å². The normalized spacial score (nSPS) is 10.5. The van der Waals surface area contributed by atoms with Gasteiger partial charge in [0.25, 0.3) is 5.35 Å². The van der Waals surface area contributed by atoms with Crippen LogP contribution in [-0.4, -0.2) is 21.0 Å². The lowest BCUT2D eigenvalue weighted by Crippen LogP contribution is -1.96. The van der Waals surface area contributed by atoms with Crippen LogP contribution < -0.4 is 0 Å². The van der Waals surface area contributed by atoms with E-state index in [1.807, 2.05) is 0 Å². The van der Waals surface area contributed by atoms with E-state index in [1.54, 1.807) is 0 Å². The number of aromatic nitrogens is 2. The lowest BCUT2D eigenvalue weighted by atomic mass is 10.3. The molecule has 0 aromatic carbocycles. The standard InChI is InChI=1S/C7H3ClN2O3/c8-7-10-5-4(13-7)1-3(2-9-5)6(11)12/h1-2H,(H,11,12). The summed E-state index contributed by atoms with van der Waals surface area (Å²) in [6, 6.07) is 1.32. The molecule has 0 aliphatic heterocycles. The minimum Gasteiger partial charge on any atom is -0.478 e. The van der Waals surface area contributed by atoms with Gasteiger partial charge < -0.3 is 9.52 Å². The summed E-state index contributed by atoms with van der Waals surface area (Å²) in [6.45, 7) is 0. The SMILES string of the molecule is O=C(O)c1cnc2nc(Cl)oc2c1. The first-order chi connectivity index (χ1) is 6.16. The Morgan fingerprint density at radius 1 is 1.62 bits per heavy atom. The molecule has 2 aromatic rings. The van der Waals surface area contributed by atoms with Crippen LogP contribution >= 0.6 is 11.6 Å². The Bertz CT molecular complexity index is 480. The molecule has 0 aliphatic rings. The van der Waals surface area contributed by atoms with Crippen LogP contribution in [0.3, 0.4) is 0 Å². The summed E-state index contributed by atoms with van der Waals surface area (Å²) in [4.78, 5) is 18.0. The first-order valence-electron chi connectivity index (χ1n) is 3.32. The van der Waals surface area contributed by atoms with Crippen molar-refractivity contribution in [1.82, 2.24) is 9.97 Å². The molecule has 5 nitrogen and oxygen atoms in total. The number of carboxylic acids is 1. The quantitative estimate of drug-likeness (QED) is 0.753. The molecule has 2 rings (SSSR count). The lowest BCUT2D eigenvalue weighted by molar-refractivity contribution is 0.0696. The molecule has 0 aliphatic carbocycles. The Balaban J connectivity index is 2.67. The largest absolute Gasteiger partial charge is 0.478 e. The van der Waals surface area contributed by atoms with Gasteiger partial charge in [-0.1, -0.05) is 0 Å². The van der Waals surface area contributed by atoms with Crippen LogP contribution in [0.5, 0.6) is 0 Å². The molecule has 6 heteroatoms. The van der Waals surface area contributed by atoms with E-state index in [0.717, 1.165) is 0 Å². The Kier molecular flexibility index (Phi) is 1.66. The molecule has 13 heavy (non-hydrogen) atoms. The van der Waals surface area contributed by atoms with Gasteiger partial charge in [0.2, 0.25) is 0 Å². The maximum atomic E-state index is 10.5. The average molecular weight is 199 g/mol. The predicted molar refractivity (Wildman–Crippen MR) is 43.8 cm³/mol. The number of carboxylic acid groups (broad SMARTS) is 1. The van der Waals surface area contributed by atoms with Gasteiger partial charge in [-0.05, 0) is 11.6 Å². The number of rotatable bonds is 1. The third-order valence-electron chi connectivity index (χ3n) is 1.47. The molecular weight excluding hydrogens is 196 g/mol. The molecule has 66 valence electrons. The zero-order chi connectivity index (χ0) is 9.42. The first kappa shape index (κ1) is 8.00. The van der Waals surface area contributed by atoms with Crippen LogP contribution in [0.1, 0.15) is 10.4 Å². The summed E-state index contributed by atoms with van der Waals surface area (Å²) < 4.78 is 4.89. The van der Waals surface area contributed by atoms with Gasteiger partial charge in [-0.3, -0.25) is 0 Å². The van der Waals surface area contributed by atoms with Crippen LogP contribution in [0, 0.1) is 0 Å². The summed E-state index contributed by atoms with van der Waals surface area (Å²) >= 11 is 5.45. The third kappa shape index (κ3) is 1.33. The van der Waals surface area contributed by atoms with Gasteiger partial charge in [-0.2, -0.15) is 4.98 Å². The Morgan fingerprint density at radius 2 is 2.38 bits per heavy atom. The van der Waals surface area contributed by atoms with Crippen LogP contribution in [0.25, 0.3) is 11.2 Å². The summed E-state index contributed by atoms with van der Waals surface area (Å²) in [5.41, 5.74) is 0.611. The average Bonchev–Trinajstić information content (AvgIpc) is 2.42. The number of aromatic carboxylic acids is 1. The second kappa shape index (κ2) is 2.70. The predicted octanol–water partition coefficient (Wildman–Crippen LogP) is 1.57. The number of pyridine rings is 1. The van der Waals surface area contributed by atoms with Crippen LogP contribution in [0.15, 0.2) is 16.7 Å². The van der Waals surface area contributed by atoms with Crippen LogP contribution in [-0.2, 0) is 0 Å². The first-order valence-corrected chi connectivity index (χ1v) is 3.70. The molecule has 0 unspecified atom stereocenters. The molecule has 2 aromatic heterocycles. The van der Waals surface area contributed by atoms with E-state index >= 15 is 0 Å². The van der Waals surface area contributed by atoms with E-state index in [0.29, 0.717) is 5.65 Å². The van der Waals surface area contributed by atoms with E-state index in [1.165, 1.54) is 12.3 Å². The highest BCUT2D eigenvalue weighted by Gasteiger charge is 2.09. The minimum absolute atomic E-state index is 0.0420. The number of halogens is 1. The van der Waals surface area contributed by atoms with Gasteiger partial charge in [0, 0.05) is 12.3 Å². The second-order valence-electron chi connectivity index (χ2n) is 2.32. The van der Waals surface area contributed by atoms with Crippen molar-refractivity contribution >= 4 is 28.8 Å². The number of oxazole rings is 1. The van der Waals surface area contributed by atoms with Crippen LogP contribution in [0.4, 0.5) is 0 Å². The Labute approximate surface area is 77.0 Å². The van der Waals surface area contributed by atoms with Gasteiger partial charge in [-0.25, -0.2) is 9.78 Å². The highest BCUT2D eigenvalue weighted by molar-refractivity contribution is 6.28. The van der Waals surface area contributed by atoms with Gasteiger partial charge in [0.05, 0.1) is 5.56 Å². The fraction of sp³-hybridized carbons (Fsp3) is 0. The number of nitrogens with zero attached hydrogens (tertiary/aromatic N) is 2. The van der Waals surface area contributed by atoms with E-state index in [2.05, 4.69) is 9.97 Å². The van der Waals surface area contributed by atoms with Crippen molar-refractivity contribution in [2.45, 2.75) is 0 Å². The van der Waals surface area contributed by atoms with Crippen LogP contribution in [0.2, 0.25) is 5.35 Å². The molecule has 0 atom stereocenters. The van der Waals surface area contributed by atoms with Crippen molar-refractivity contribution in [3.05, 3.63) is 23.2 Å². The van der Waals surface area contributed by atoms with E-state index in [-0.39, 0.29) is 16.5 Å². The van der Waals surface area contributed by atoms with Crippen molar-refractivity contribution in [1.29, 1.82) is 0 Å². The Morgan fingerprint density at radius 3 is 3.08 bits per heavy atom. The molecule has 0 bridgehead atoms. The topological polar surface area (TPSA) is 76.2 Å². The second-order valence-corrected chi connectivity index (χ2v) is 2.64. The minimum atomic E-state index is -1.07. The summed E-state index contributed by atoms with van der Waals surface area (Å²) in [5.74, 6) is -1.07. The summed E-state index contributed by atoms with van der Waals surface area (Å²) in [6.07, 6.45) is 1.20. The number of hydrogen-bond donors (Lipinski definition) is 1. The van der Waals surface area contributed by atoms with Gasteiger partial charge in [-0.15, -0.1) is 0 Å². The maximum absolute atomic E-state index is 10.5. The molecule has 0 spiro atoms. The smallest absolute Gasteiger partial charge is 0.337 e. The van der Waals surface area contributed by atoms with E-state index in [4.69, 9.17) is 21.1 Å². The zero-order valence-electron chi connectivity index (χ0n) is 6.19. The van der Waals surface area contributed by atoms with Gasteiger partial charge >= 0.3 is 5.97 Å². The van der Waals surface area contributed by atoms with Crippen molar-refractivity contribution in [2.75, 3.05) is 0 Å². The fourth-order valence-electron chi connectivity index (χ4n) is 0.910. The molecule has 2 heterocycles. The monoisotopic (exact) mass is 198 g/mol. The zero-order valence-corrected chi connectivity index (χ0v) is 6.95. The third-order valence-corrected chi connectivity index (χ3v) is 1.63. The molecule has 0 saturated heterocycles. The highest BCUT2D eigenvalue weighted by Crippen LogP contribution is 2.17. The number of hydrogen-bond acceptors (Lipinski definition) is 4. The van der Waals surface area contributed by atoms with Crippen molar-refractivity contribution in [3.63, 3.8) is 0 Å². The van der Waals surface area contributed by atoms with Gasteiger partial charge in [0.15, 0.2) is 11.2 Å². The van der Waals surface area contributed by atoms with E-state index in [9.17, 15) is 4.79 Å². The number of fused-ring (bicyclic) bond motifs is 1. The molecule has 0 radical (unpaired) electrons. The molecule has 0 fully saturated rings. The summed E-state index contributed by atoms with van der Waals surface area (Å²) in [7, 11) is 0. The van der Waals surface area contributed by atoms with Crippen molar-refractivity contribution < 1.29 is 14.3 Å². The van der Waals surface area contributed by atoms with Crippen molar-refractivity contribution in [2.24, 2.45) is 0 Å².